The molecule has 1 atom stereocenters. The first-order chi connectivity index (χ1) is 5.48. The lowest BCUT2D eigenvalue weighted by Gasteiger charge is -2.25. The number of nitrogens with one attached hydrogen (secondary N) is 1. The smallest absolute Gasteiger partial charge is 0.0841 e. The molecule has 0 radical (unpaired) electrons. The molecule has 0 fully saturated rings. The van der Waals surface area contributed by atoms with E-state index in [1.54, 1.807) is 6.92 Å². The van der Waals surface area contributed by atoms with Crippen LogP contribution in [-0.2, 0) is 0 Å². The number of hydrogen-bond acceptors (Lipinski definition) is 3. The molecule has 12 heavy (non-hydrogen) atoms. The van der Waals surface area contributed by atoms with Gasteiger partial charge in [0, 0.05) is 6.54 Å². The van der Waals surface area contributed by atoms with Crippen LogP contribution in [0.2, 0.25) is 0 Å². The Hall–Kier alpha value is -0.590. The zero-order chi connectivity index (χ0) is 9.61. The van der Waals surface area contributed by atoms with Gasteiger partial charge in [0.1, 0.15) is 0 Å². The molecule has 0 aromatic carbocycles. The molecule has 0 bridgehead atoms. The zero-order valence-electron chi connectivity index (χ0n) is 8.09. The monoisotopic (exact) mass is 170 g/mol. The lowest BCUT2D eigenvalue weighted by Crippen LogP contribution is -2.39. The standard InChI is InChI=1S/C9H18N2O/c1-8(2)6-9(3,12)7-11-5-4-10/h8,11-12H,5-7H2,1-3H3. The van der Waals surface area contributed by atoms with E-state index in [1.807, 2.05) is 6.07 Å². The van der Waals surface area contributed by atoms with E-state index in [1.165, 1.54) is 0 Å². The van der Waals surface area contributed by atoms with Crippen molar-refractivity contribution in [1.82, 2.24) is 5.32 Å². The highest BCUT2D eigenvalue weighted by molar-refractivity contribution is 4.80. The maximum Gasteiger partial charge on any atom is 0.0841 e. The number of nitrogens with zero attached hydrogens (tertiary/aromatic N) is 1. The van der Waals surface area contributed by atoms with Crippen LogP contribution in [0.3, 0.4) is 0 Å². The minimum absolute atomic E-state index is 0.300. The Morgan fingerprint density at radius 1 is 1.58 bits per heavy atom. The van der Waals surface area contributed by atoms with Gasteiger partial charge in [-0.05, 0) is 19.3 Å². The van der Waals surface area contributed by atoms with Crippen molar-refractivity contribution in [2.45, 2.75) is 32.8 Å². The second kappa shape index (κ2) is 5.13. The topological polar surface area (TPSA) is 56.0 Å². The maximum absolute atomic E-state index is 9.74. The van der Waals surface area contributed by atoms with E-state index < -0.39 is 5.60 Å². The molecule has 1 unspecified atom stereocenters. The Morgan fingerprint density at radius 3 is 2.58 bits per heavy atom. The van der Waals surface area contributed by atoms with Crippen molar-refractivity contribution in [3.8, 4) is 6.07 Å². The van der Waals surface area contributed by atoms with Gasteiger partial charge in [-0.25, -0.2) is 0 Å². The largest absolute Gasteiger partial charge is 0.389 e. The highest BCUT2D eigenvalue weighted by Gasteiger charge is 2.20. The summed E-state index contributed by atoms with van der Waals surface area (Å²) in [5.41, 5.74) is -0.689. The van der Waals surface area contributed by atoms with E-state index in [0.29, 0.717) is 19.0 Å². The van der Waals surface area contributed by atoms with Crippen molar-refractivity contribution >= 4 is 0 Å². The first kappa shape index (κ1) is 11.4. The van der Waals surface area contributed by atoms with E-state index in [-0.39, 0.29) is 0 Å². The van der Waals surface area contributed by atoms with E-state index in [2.05, 4.69) is 19.2 Å². The summed E-state index contributed by atoms with van der Waals surface area (Å²) in [6.45, 7) is 6.71. The fourth-order valence-electron chi connectivity index (χ4n) is 1.34. The fraction of sp³-hybridized carbons (Fsp3) is 0.889. The molecule has 3 nitrogen and oxygen atoms in total. The van der Waals surface area contributed by atoms with Crippen molar-refractivity contribution in [3.05, 3.63) is 0 Å². The summed E-state index contributed by atoms with van der Waals surface area (Å²) in [7, 11) is 0. The molecule has 0 spiro atoms. The van der Waals surface area contributed by atoms with Gasteiger partial charge in [-0.2, -0.15) is 5.26 Å². The molecule has 0 rings (SSSR count). The quantitative estimate of drug-likeness (QED) is 0.476. The van der Waals surface area contributed by atoms with Crippen LogP contribution in [0.25, 0.3) is 0 Å². The van der Waals surface area contributed by atoms with Gasteiger partial charge < -0.3 is 10.4 Å². The maximum atomic E-state index is 9.74. The Labute approximate surface area is 74.4 Å². The highest BCUT2D eigenvalue weighted by Crippen LogP contribution is 2.14. The fourth-order valence-corrected chi connectivity index (χ4v) is 1.34. The Kier molecular flexibility index (Phi) is 4.87. The lowest BCUT2D eigenvalue weighted by atomic mass is 9.94. The molecular formula is C9H18N2O. The van der Waals surface area contributed by atoms with E-state index in [4.69, 9.17) is 5.26 Å². The summed E-state index contributed by atoms with van der Waals surface area (Å²) >= 11 is 0. The van der Waals surface area contributed by atoms with Crippen LogP contribution >= 0.6 is 0 Å². The van der Waals surface area contributed by atoms with Crippen molar-refractivity contribution in [3.63, 3.8) is 0 Å². The minimum Gasteiger partial charge on any atom is -0.389 e. The summed E-state index contributed by atoms with van der Waals surface area (Å²) in [5.74, 6) is 0.476. The van der Waals surface area contributed by atoms with Gasteiger partial charge in [0.2, 0.25) is 0 Å². The molecule has 0 saturated carbocycles. The van der Waals surface area contributed by atoms with Crippen LogP contribution in [0.5, 0.6) is 0 Å². The van der Waals surface area contributed by atoms with Crippen molar-refractivity contribution in [2.24, 2.45) is 5.92 Å². The average molecular weight is 170 g/mol. The zero-order valence-corrected chi connectivity index (χ0v) is 8.09. The Bertz CT molecular complexity index is 158. The van der Waals surface area contributed by atoms with E-state index in [9.17, 15) is 5.11 Å². The van der Waals surface area contributed by atoms with Crippen molar-refractivity contribution in [1.29, 1.82) is 5.26 Å². The second-order valence-electron chi connectivity index (χ2n) is 3.86. The van der Waals surface area contributed by atoms with Gasteiger partial charge >= 0.3 is 0 Å². The van der Waals surface area contributed by atoms with Gasteiger partial charge in [-0.3, -0.25) is 0 Å². The third kappa shape index (κ3) is 6.14. The highest BCUT2D eigenvalue weighted by atomic mass is 16.3. The van der Waals surface area contributed by atoms with Gasteiger partial charge in [0.05, 0.1) is 18.2 Å². The first-order valence-electron chi connectivity index (χ1n) is 4.28. The molecule has 0 aliphatic carbocycles. The van der Waals surface area contributed by atoms with Crippen LogP contribution in [-0.4, -0.2) is 23.8 Å². The van der Waals surface area contributed by atoms with E-state index in [0.717, 1.165) is 6.42 Å². The number of rotatable bonds is 5. The molecule has 0 saturated heterocycles. The van der Waals surface area contributed by atoms with Crippen molar-refractivity contribution < 1.29 is 5.11 Å². The summed E-state index contributed by atoms with van der Waals surface area (Å²) < 4.78 is 0. The summed E-state index contributed by atoms with van der Waals surface area (Å²) in [4.78, 5) is 0. The molecule has 0 aromatic heterocycles. The third-order valence-electron chi connectivity index (χ3n) is 1.56. The van der Waals surface area contributed by atoms with Crippen LogP contribution < -0.4 is 5.32 Å². The predicted molar refractivity (Wildman–Crippen MR) is 48.6 cm³/mol. The van der Waals surface area contributed by atoms with Gasteiger partial charge in [-0.1, -0.05) is 13.8 Å². The summed E-state index contributed by atoms with van der Waals surface area (Å²) in [6, 6.07) is 1.97. The molecule has 0 aliphatic heterocycles. The van der Waals surface area contributed by atoms with Gasteiger partial charge in [0.15, 0.2) is 0 Å². The molecule has 70 valence electrons. The Morgan fingerprint density at radius 2 is 2.17 bits per heavy atom. The summed E-state index contributed by atoms with van der Waals surface area (Å²) in [5, 5.41) is 20.9. The van der Waals surface area contributed by atoms with Crippen LogP contribution in [0.1, 0.15) is 27.2 Å². The van der Waals surface area contributed by atoms with E-state index >= 15 is 0 Å². The molecule has 0 amide bonds. The number of hydrogen-bond donors (Lipinski definition) is 2. The second-order valence-corrected chi connectivity index (χ2v) is 3.86. The Balaban J connectivity index is 3.65. The predicted octanol–water partition coefficient (Wildman–Crippen LogP) is 0.897. The van der Waals surface area contributed by atoms with Crippen LogP contribution in [0, 0.1) is 17.2 Å². The lowest BCUT2D eigenvalue weighted by molar-refractivity contribution is 0.0397. The molecule has 0 aromatic rings. The van der Waals surface area contributed by atoms with Crippen LogP contribution in [0.15, 0.2) is 0 Å². The molecule has 0 heterocycles. The third-order valence-corrected chi connectivity index (χ3v) is 1.56. The first-order valence-corrected chi connectivity index (χ1v) is 4.28. The SMILES string of the molecule is CC(C)CC(C)(O)CNCC#N. The summed E-state index contributed by atoms with van der Waals surface area (Å²) in [6.07, 6.45) is 0.755. The molecule has 3 heteroatoms. The number of nitriles is 1. The molecule has 0 aliphatic rings. The molecular weight excluding hydrogens is 152 g/mol. The minimum atomic E-state index is -0.689. The van der Waals surface area contributed by atoms with Gasteiger partial charge in [-0.15, -0.1) is 0 Å². The number of aliphatic hydroxyl groups is 1. The van der Waals surface area contributed by atoms with Crippen LogP contribution in [0.4, 0.5) is 0 Å². The molecule has 2 N–H and O–H groups in total. The van der Waals surface area contributed by atoms with Gasteiger partial charge in [0.25, 0.3) is 0 Å². The normalized spacial score (nSPS) is 15.7. The average Bonchev–Trinajstić information content (AvgIpc) is 1.84. The van der Waals surface area contributed by atoms with Crippen molar-refractivity contribution in [2.75, 3.05) is 13.1 Å².